The number of amides is 1. The Balaban J connectivity index is 1.74. The van der Waals surface area contributed by atoms with Crippen LogP contribution in [0, 0.1) is 6.92 Å². The van der Waals surface area contributed by atoms with Gasteiger partial charge in [0.2, 0.25) is 0 Å². The summed E-state index contributed by atoms with van der Waals surface area (Å²) in [7, 11) is 0. The van der Waals surface area contributed by atoms with Crippen LogP contribution in [0.1, 0.15) is 54.0 Å². The molecule has 1 aliphatic heterocycles. The van der Waals surface area contributed by atoms with Crippen molar-refractivity contribution < 1.29 is 27.5 Å². The first-order valence-corrected chi connectivity index (χ1v) is 9.87. The number of piperidine rings is 1. The van der Waals surface area contributed by atoms with Gasteiger partial charge in [0.05, 0.1) is 0 Å². The Kier molecular flexibility index (Phi) is 5.65. The van der Waals surface area contributed by atoms with E-state index >= 15 is 0 Å². The SMILES string of the molecule is Cc1c(C(=O)OCC(=O)N2[C@H](C)CCC[C@H]2C)sc2nc(C(F)(F)F)ccc12. The van der Waals surface area contributed by atoms with E-state index in [0.29, 0.717) is 10.9 Å². The highest BCUT2D eigenvalue weighted by molar-refractivity contribution is 7.20. The standard InChI is InChI=1S/C19H21F3N2O3S/c1-10-5-4-6-11(2)24(10)15(25)9-27-18(26)16-12(3)13-7-8-14(19(20,21)22)23-17(13)28-16/h7-8,10-11H,4-6,9H2,1-3H3/t10-,11-/m1/s1. The number of pyridine rings is 1. The van der Waals surface area contributed by atoms with E-state index < -0.39 is 17.8 Å². The Labute approximate surface area is 164 Å². The summed E-state index contributed by atoms with van der Waals surface area (Å²) < 4.78 is 43.7. The molecule has 1 aliphatic rings. The molecule has 152 valence electrons. The second-order valence-electron chi connectivity index (χ2n) is 7.11. The van der Waals surface area contributed by atoms with Gasteiger partial charge in [-0.3, -0.25) is 4.79 Å². The van der Waals surface area contributed by atoms with E-state index in [9.17, 15) is 22.8 Å². The Hall–Kier alpha value is -2.16. The first kappa shape index (κ1) is 20.6. The lowest BCUT2D eigenvalue weighted by Gasteiger charge is -2.38. The summed E-state index contributed by atoms with van der Waals surface area (Å²) in [5, 5.41) is 0.467. The van der Waals surface area contributed by atoms with Crippen LogP contribution in [0.25, 0.3) is 10.2 Å². The van der Waals surface area contributed by atoms with Crippen LogP contribution in [0.5, 0.6) is 0 Å². The quantitative estimate of drug-likeness (QED) is 0.691. The summed E-state index contributed by atoms with van der Waals surface area (Å²) in [6.45, 7) is 5.17. The number of aryl methyl sites for hydroxylation is 1. The maximum Gasteiger partial charge on any atom is 0.433 e. The fraction of sp³-hybridized carbons (Fsp3) is 0.526. The van der Waals surface area contributed by atoms with E-state index in [2.05, 4.69) is 4.98 Å². The highest BCUT2D eigenvalue weighted by atomic mass is 32.1. The molecule has 0 N–H and O–H groups in total. The van der Waals surface area contributed by atoms with Crippen molar-refractivity contribution in [1.82, 2.24) is 9.88 Å². The van der Waals surface area contributed by atoms with E-state index in [1.807, 2.05) is 13.8 Å². The molecule has 2 aromatic rings. The number of alkyl halides is 3. The number of thiophene rings is 1. The smallest absolute Gasteiger partial charge is 0.433 e. The van der Waals surface area contributed by atoms with Gasteiger partial charge >= 0.3 is 12.1 Å². The van der Waals surface area contributed by atoms with Gasteiger partial charge in [-0.2, -0.15) is 13.2 Å². The number of hydrogen-bond acceptors (Lipinski definition) is 5. The van der Waals surface area contributed by atoms with E-state index in [0.717, 1.165) is 36.7 Å². The number of carbonyl (C=O) groups is 2. The van der Waals surface area contributed by atoms with Crippen molar-refractivity contribution in [3.8, 4) is 0 Å². The Morgan fingerprint density at radius 1 is 1.25 bits per heavy atom. The molecule has 0 aliphatic carbocycles. The van der Waals surface area contributed by atoms with Gasteiger partial charge in [-0.1, -0.05) is 0 Å². The summed E-state index contributed by atoms with van der Waals surface area (Å²) in [6, 6.07) is 2.37. The molecule has 0 bridgehead atoms. The van der Waals surface area contributed by atoms with Crippen LogP contribution in [0.3, 0.4) is 0 Å². The molecule has 1 saturated heterocycles. The first-order valence-electron chi connectivity index (χ1n) is 9.05. The van der Waals surface area contributed by atoms with Crippen molar-refractivity contribution in [3.05, 3.63) is 28.3 Å². The number of hydrogen-bond donors (Lipinski definition) is 0. The van der Waals surface area contributed by atoms with Crippen molar-refractivity contribution in [1.29, 1.82) is 0 Å². The number of nitrogens with zero attached hydrogens (tertiary/aromatic N) is 2. The summed E-state index contributed by atoms with van der Waals surface area (Å²) >= 11 is 0.840. The molecule has 3 heterocycles. The molecule has 0 spiro atoms. The van der Waals surface area contributed by atoms with Gasteiger partial charge in [-0.05, 0) is 57.7 Å². The van der Waals surface area contributed by atoms with E-state index in [1.54, 1.807) is 11.8 Å². The molecule has 0 unspecified atom stereocenters. The van der Waals surface area contributed by atoms with E-state index in [1.165, 1.54) is 6.07 Å². The predicted octanol–water partition coefficient (Wildman–Crippen LogP) is 4.57. The lowest BCUT2D eigenvalue weighted by Crippen LogP contribution is -2.49. The number of rotatable bonds is 3. The zero-order valence-corrected chi connectivity index (χ0v) is 16.6. The van der Waals surface area contributed by atoms with Gasteiger partial charge in [0.1, 0.15) is 15.4 Å². The number of aromatic nitrogens is 1. The van der Waals surface area contributed by atoms with Crippen molar-refractivity contribution in [3.63, 3.8) is 0 Å². The number of likely N-dealkylation sites (tertiary alicyclic amines) is 1. The zero-order chi connectivity index (χ0) is 20.6. The maximum absolute atomic E-state index is 12.8. The largest absolute Gasteiger partial charge is 0.451 e. The third-order valence-corrected chi connectivity index (χ3v) is 6.27. The Morgan fingerprint density at radius 2 is 1.89 bits per heavy atom. The number of ether oxygens (including phenoxy) is 1. The van der Waals surface area contributed by atoms with Gasteiger partial charge in [0.15, 0.2) is 6.61 Å². The molecule has 0 radical (unpaired) electrons. The van der Waals surface area contributed by atoms with Gasteiger partial charge in [-0.25, -0.2) is 9.78 Å². The third kappa shape index (κ3) is 3.99. The minimum atomic E-state index is -4.55. The molecule has 0 aromatic carbocycles. The lowest BCUT2D eigenvalue weighted by molar-refractivity contribution is -0.141. The molecular formula is C19H21F3N2O3S. The van der Waals surface area contributed by atoms with Crippen molar-refractivity contribution in [2.24, 2.45) is 0 Å². The average Bonchev–Trinajstić information content (AvgIpc) is 2.95. The summed E-state index contributed by atoms with van der Waals surface area (Å²) in [5.74, 6) is -0.982. The van der Waals surface area contributed by atoms with Crippen molar-refractivity contribution in [2.45, 2.75) is 58.3 Å². The van der Waals surface area contributed by atoms with Crippen molar-refractivity contribution >= 4 is 33.4 Å². The molecule has 1 fully saturated rings. The lowest BCUT2D eigenvalue weighted by atomic mass is 9.97. The summed E-state index contributed by atoms with van der Waals surface area (Å²) in [5.41, 5.74) is -0.511. The molecule has 1 amide bonds. The van der Waals surface area contributed by atoms with Crippen LogP contribution in [0.15, 0.2) is 12.1 Å². The number of carbonyl (C=O) groups excluding carboxylic acids is 2. The van der Waals surface area contributed by atoms with Crippen molar-refractivity contribution in [2.75, 3.05) is 6.61 Å². The molecule has 0 saturated carbocycles. The normalized spacial score (nSPS) is 20.4. The van der Waals surface area contributed by atoms with E-state index in [-0.39, 0.29) is 34.3 Å². The van der Waals surface area contributed by atoms with Gasteiger partial charge in [0.25, 0.3) is 5.91 Å². The average molecular weight is 414 g/mol. The number of esters is 1. The molecule has 3 rings (SSSR count). The number of fused-ring (bicyclic) bond motifs is 1. The Bertz CT molecular complexity index is 900. The van der Waals surface area contributed by atoms with Crippen LogP contribution in [-0.2, 0) is 15.7 Å². The first-order chi connectivity index (χ1) is 13.1. The fourth-order valence-corrected chi connectivity index (χ4v) is 4.71. The second kappa shape index (κ2) is 7.69. The topological polar surface area (TPSA) is 59.5 Å². The van der Waals surface area contributed by atoms with Gasteiger partial charge in [-0.15, -0.1) is 11.3 Å². The fourth-order valence-electron chi connectivity index (χ4n) is 3.63. The van der Waals surface area contributed by atoms with Gasteiger partial charge < -0.3 is 9.64 Å². The van der Waals surface area contributed by atoms with Crippen LogP contribution >= 0.6 is 11.3 Å². The summed E-state index contributed by atoms with van der Waals surface area (Å²) in [4.78, 5) is 30.5. The second-order valence-corrected chi connectivity index (χ2v) is 8.11. The molecule has 2 aromatic heterocycles. The third-order valence-electron chi connectivity index (χ3n) is 5.09. The van der Waals surface area contributed by atoms with Crippen LogP contribution in [0.2, 0.25) is 0 Å². The highest BCUT2D eigenvalue weighted by Crippen LogP contribution is 2.34. The zero-order valence-electron chi connectivity index (χ0n) is 15.8. The molecule has 5 nitrogen and oxygen atoms in total. The summed E-state index contributed by atoms with van der Waals surface area (Å²) in [6.07, 6.45) is -1.68. The van der Waals surface area contributed by atoms with Crippen LogP contribution < -0.4 is 0 Å². The van der Waals surface area contributed by atoms with Crippen LogP contribution in [0.4, 0.5) is 13.2 Å². The van der Waals surface area contributed by atoms with E-state index in [4.69, 9.17) is 4.74 Å². The minimum absolute atomic E-state index is 0.0889. The predicted molar refractivity (Wildman–Crippen MR) is 99.3 cm³/mol. The van der Waals surface area contributed by atoms with Gasteiger partial charge in [0, 0.05) is 17.5 Å². The highest BCUT2D eigenvalue weighted by Gasteiger charge is 2.33. The maximum atomic E-state index is 12.8. The molecule has 2 atom stereocenters. The molecular weight excluding hydrogens is 393 g/mol. The molecule has 28 heavy (non-hydrogen) atoms. The van der Waals surface area contributed by atoms with Crippen LogP contribution in [-0.4, -0.2) is 40.5 Å². The Morgan fingerprint density at radius 3 is 2.50 bits per heavy atom. The number of halogens is 3. The minimum Gasteiger partial charge on any atom is -0.451 e. The monoisotopic (exact) mass is 414 g/mol. The molecule has 9 heteroatoms.